The maximum Gasteiger partial charge on any atom is 0.278 e. The van der Waals surface area contributed by atoms with Crippen molar-refractivity contribution in [1.82, 2.24) is 15.2 Å². The van der Waals surface area contributed by atoms with Crippen LogP contribution >= 0.6 is 0 Å². The van der Waals surface area contributed by atoms with Gasteiger partial charge in [0.05, 0.1) is 28.6 Å². The van der Waals surface area contributed by atoms with Crippen molar-refractivity contribution < 1.29 is 4.92 Å². The molecule has 1 N–H and O–H groups in total. The second kappa shape index (κ2) is 7.05. The fourth-order valence-electron chi connectivity index (χ4n) is 2.02. The van der Waals surface area contributed by atoms with Gasteiger partial charge in [0.2, 0.25) is 0 Å². The molecule has 0 bridgehead atoms. The molecule has 0 radical (unpaired) electrons. The number of para-hydroxylation sites is 1. The smallest absolute Gasteiger partial charge is 0.258 e. The Bertz CT molecular complexity index is 883. The van der Waals surface area contributed by atoms with E-state index in [1.54, 1.807) is 24.4 Å². The molecule has 1 aromatic heterocycles. The van der Waals surface area contributed by atoms with Crippen LogP contribution in [-0.2, 0) is 0 Å². The molecule has 118 valence electrons. The number of hydrogen-bond acceptors (Lipinski definition) is 7. The number of benzene rings is 2. The zero-order chi connectivity index (χ0) is 16.8. The Balaban J connectivity index is 1.77. The molecule has 24 heavy (non-hydrogen) atoms. The quantitative estimate of drug-likeness (QED) is 0.440. The molecule has 3 aromatic rings. The van der Waals surface area contributed by atoms with Crippen LogP contribution in [0.5, 0.6) is 0 Å². The SMILES string of the molecule is O=[N+]([O-])c1ccccc1/C=N/Nc1nncc(-c2ccccc2)n1. The van der Waals surface area contributed by atoms with Gasteiger partial charge in [-0.25, -0.2) is 10.4 Å². The van der Waals surface area contributed by atoms with Gasteiger partial charge in [-0.3, -0.25) is 10.1 Å². The Morgan fingerprint density at radius 1 is 1.08 bits per heavy atom. The van der Waals surface area contributed by atoms with E-state index in [1.165, 1.54) is 12.3 Å². The third-order valence-corrected chi connectivity index (χ3v) is 3.13. The third kappa shape index (κ3) is 3.55. The van der Waals surface area contributed by atoms with Gasteiger partial charge in [0.1, 0.15) is 0 Å². The minimum atomic E-state index is -0.463. The van der Waals surface area contributed by atoms with Crippen LogP contribution in [0.1, 0.15) is 5.56 Å². The first-order valence-corrected chi connectivity index (χ1v) is 7.01. The monoisotopic (exact) mass is 320 g/mol. The van der Waals surface area contributed by atoms with E-state index in [9.17, 15) is 10.1 Å². The predicted molar refractivity (Wildman–Crippen MR) is 89.6 cm³/mol. The fraction of sp³-hybridized carbons (Fsp3) is 0. The minimum Gasteiger partial charge on any atom is -0.258 e. The highest BCUT2D eigenvalue weighted by Crippen LogP contribution is 2.17. The van der Waals surface area contributed by atoms with Gasteiger partial charge in [-0.05, 0) is 6.07 Å². The van der Waals surface area contributed by atoms with E-state index >= 15 is 0 Å². The second-order valence-corrected chi connectivity index (χ2v) is 4.72. The van der Waals surface area contributed by atoms with Crippen molar-refractivity contribution in [3.8, 4) is 11.3 Å². The third-order valence-electron chi connectivity index (χ3n) is 3.13. The summed E-state index contributed by atoms with van der Waals surface area (Å²) in [5, 5.41) is 22.6. The fourth-order valence-corrected chi connectivity index (χ4v) is 2.02. The Labute approximate surface area is 137 Å². The number of nitrogens with one attached hydrogen (secondary N) is 1. The Kier molecular flexibility index (Phi) is 4.47. The van der Waals surface area contributed by atoms with Crippen molar-refractivity contribution in [3.63, 3.8) is 0 Å². The lowest BCUT2D eigenvalue weighted by atomic mass is 10.2. The van der Waals surface area contributed by atoms with Gasteiger partial charge in [-0.1, -0.05) is 42.5 Å². The van der Waals surface area contributed by atoms with E-state index in [4.69, 9.17) is 0 Å². The number of hydrazone groups is 1. The van der Waals surface area contributed by atoms with Crippen LogP contribution in [0.15, 0.2) is 65.9 Å². The van der Waals surface area contributed by atoms with Crippen molar-refractivity contribution in [3.05, 3.63) is 76.5 Å². The molecule has 0 saturated carbocycles. The minimum absolute atomic E-state index is 0.0277. The van der Waals surface area contributed by atoms with E-state index in [2.05, 4.69) is 25.7 Å². The Hall–Kier alpha value is -3.68. The summed E-state index contributed by atoms with van der Waals surface area (Å²) in [6.45, 7) is 0. The summed E-state index contributed by atoms with van der Waals surface area (Å²) >= 11 is 0. The number of hydrogen-bond donors (Lipinski definition) is 1. The first-order valence-electron chi connectivity index (χ1n) is 7.01. The van der Waals surface area contributed by atoms with E-state index in [0.29, 0.717) is 11.3 Å². The van der Waals surface area contributed by atoms with Crippen LogP contribution in [0, 0.1) is 10.1 Å². The summed E-state index contributed by atoms with van der Waals surface area (Å²) in [6.07, 6.45) is 2.89. The van der Waals surface area contributed by atoms with Crippen molar-refractivity contribution in [1.29, 1.82) is 0 Å². The van der Waals surface area contributed by atoms with E-state index < -0.39 is 4.92 Å². The van der Waals surface area contributed by atoms with Crippen LogP contribution < -0.4 is 5.43 Å². The van der Waals surface area contributed by atoms with Gasteiger partial charge in [-0.15, -0.1) is 5.10 Å². The van der Waals surface area contributed by atoms with E-state index in [1.807, 2.05) is 30.3 Å². The lowest BCUT2D eigenvalue weighted by Gasteiger charge is -2.02. The molecule has 8 heteroatoms. The molecule has 3 rings (SSSR count). The average Bonchev–Trinajstić information content (AvgIpc) is 2.63. The van der Waals surface area contributed by atoms with Gasteiger partial charge >= 0.3 is 0 Å². The molecule has 2 aromatic carbocycles. The summed E-state index contributed by atoms with van der Waals surface area (Å²) in [5.74, 6) is 0.200. The van der Waals surface area contributed by atoms with Gasteiger partial charge in [0.25, 0.3) is 11.6 Å². The summed E-state index contributed by atoms with van der Waals surface area (Å²) in [4.78, 5) is 14.8. The molecule has 0 aliphatic carbocycles. The molecule has 8 nitrogen and oxygen atoms in total. The standard InChI is InChI=1S/C16H12N6O2/c23-22(24)15-9-5-4-8-13(15)10-17-20-16-19-14(11-18-21-16)12-6-2-1-3-7-12/h1-11H,(H,19,20,21)/b17-10+. The Morgan fingerprint density at radius 3 is 2.62 bits per heavy atom. The molecule has 1 heterocycles. The number of anilines is 1. The zero-order valence-electron chi connectivity index (χ0n) is 12.4. The maximum absolute atomic E-state index is 10.9. The molecule has 0 unspecified atom stereocenters. The van der Waals surface area contributed by atoms with Gasteiger partial charge in [0, 0.05) is 11.6 Å². The number of rotatable bonds is 5. The highest BCUT2D eigenvalue weighted by atomic mass is 16.6. The summed E-state index contributed by atoms with van der Waals surface area (Å²) in [6, 6.07) is 15.8. The zero-order valence-corrected chi connectivity index (χ0v) is 12.4. The number of nitro benzene ring substituents is 1. The largest absolute Gasteiger partial charge is 0.278 e. The molecule has 0 aliphatic rings. The molecule has 0 aliphatic heterocycles. The van der Waals surface area contributed by atoms with Crippen LogP contribution in [0.3, 0.4) is 0 Å². The van der Waals surface area contributed by atoms with Gasteiger partial charge in [0.15, 0.2) is 0 Å². The van der Waals surface area contributed by atoms with Crippen LogP contribution in [0.2, 0.25) is 0 Å². The highest BCUT2D eigenvalue weighted by molar-refractivity contribution is 5.85. The van der Waals surface area contributed by atoms with Crippen LogP contribution in [-0.4, -0.2) is 26.3 Å². The summed E-state index contributed by atoms with van der Waals surface area (Å²) in [7, 11) is 0. The Morgan fingerprint density at radius 2 is 1.83 bits per heavy atom. The average molecular weight is 320 g/mol. The van der Waals surface area contributed by atoms with Gasteiger partial charge in [-0.2, -0.15) is 10.2 Å². The summed E-state index contributed by atoms with van der Waals surface area (Å²) in [5.41, 5.74) is 4.53. The maximum atomic E-state index is 10.9. The van der Waals surface area contributed by atoms with Crippen molar-refractivity contribution in [2.75, 3.05) is 5.43 Å². The number of nitrogens with zero attached hydrogens (tertiary/aromatic N) is 5. The lowest BCUT2D eigenvalue weighted by Crippen LogP contribution is -2.00. The normalized spacial score (nSPS) is 10.7. The van der Waals surface area contributed by atoms with Crippen molar-refractivity contribution in [2.24, 2.45) is 5.10 Å². The molecule has 0 amide bonds. The van der Waals surface area contributed by atoms with Crippen LogP contribution in [0.4, 0.5) is 11.6 Å². The highest BCUT2D eigenvalue weighted by Gasteiger charge is 2.10. The lowest BCUT2D eigenvalue weighted by molar-refractivity contribution is -0.385. The van der Waals surface area contributed by atoms with Crippen molar-refractivity contribution in [2.45, 2.75) is 0 Å². The van der Waals surface area contributed by atoms with Crippen LogP contribution in [0.25, 0.3) is 11.3 Å². The predicted octanol–water partition coefficient (Wildman–Crippen LogP) is 2.89. The topological polar surface area (TPSA) is 106 Å². The molecular formula is C16H12N6O2. The second-order valence-electron chi connectivity index (χ2n) is 4.72. The first kappa shape index (κ1) is 15.2. The number of nitro groups is 1. The van der Waals surface area contributed by atoms with E-state index in [0.717, 1.165) is 5.56 Å². The van der Waals surface area contributed by atoms with Gasteiger partial charge < -0.3 is 0 Å². The molecule has 0 saturated heterocycles. The number of aromatic nitrogens is 3. The molecular weight excluding hydrogens is 308 g/mol. The van der Waals surface area contributed by atoms with E-state index in [-0.39, 0.29) is 11.6 Å². The molecule has 0 spiro atoms. The summed E-state index contributed by atoms with van der Waals surface area (Å²) < 4.78 is 0. The molecule has 0 atom stereocenters. The first-order chi connectivity index (χ1) is 11.7. The van der Waals surface area contributed by atoms with Crippen molar-refractivity contribution >= 4 is 17.9 Å². The molecule has 0 fully saturated rings.